The second-order valence-corrected chi connectivity index (χ2v) is 2.86. The Morgan fingerprint density at radius 3 is 2.60 bits per heavy atom. The van der Waals surface area contributed by atoms with Gasteiger partial charge in [0.1, 0.15) is 0 Å². The van der Waals surface area contributed by atoms with Crippen molar-refractivity contribution in [3.8, 4) is 0 Å². The number of nitrogens with two attached hydrogens (primary N) is 1. The molecule has 60 valence electrons. The fraction of sp³-hybridized carbons (Fsp3) is 0.778. The molecule has 0 aromatic rings. The zero-order chi connectivity index (χ0) is 7.82. The summed E-state index contributed by atoms with van der Waals surface area (Å²) < 4.78 is 0. The van der Waals surface area contributed by atoms with E-state index >= 15 is 0 Å². The van der Waals surface area contributed by atoms with Crippen LogP contribution in [0, 0.1) is 5.92 Å². The first-order valence-electron chi connectivity index (χ1n) is 4.19. The average Bonchev–Trinajstić information content (AvgIpc) is 1.89. The molecular formula is C9H19N. The van der Waals surface area contributed by atoms with Crippen LogP contribution in [0.4, 0.5) is 0 Å². The normalized spacial score (nSPS) is 14.2. The van der Waals surface area contributed by atoms with Gasteiger partial charge >= 0.3 is 0 Å². The molecule has 1 heteroatoms. The molecule has 0 aromatic heterocycles. The van der Waals surface area contributed by atoms with Crippen LogP contribution in [-0.4, -0.2) is 0 Å². The fourth-order valence-electron chi connectivity index (χ4n) is 1.00. The van der Waals surface area contributed by atoms with E-state index in [1.807, 2.05) is 0 Å². The smallest absolute Gasteiger partial charge is 0.0100 e. The molecule has 0 aliphatic carbocycles. The second-order valence-electron chi connectivity index (χ2n) is 2.86. The van der Waals surface area contributed by atoms with Crippen molar-refractivity contribution in [2.75, 3.05) is 0 Å². The molecule has 0 aliphatic rings. The molecule has 2 N–H and O–H groups in total. The second kappa shape index (κ2) is 6.66. The van der Waals surface area contributed by atoms with E-state index in [2.05, 4.69) is 19.9 Å². The minimum Gasteiger partial charge on any atom is -0.405 e. The van der Waals surface area contributed by atoms with E-state index in [0.29, 0.717) is 5.92 Å². The maximum absolute atomic E-state index is 5.25. The first-order chi connectivity index (χ1) is 4.81. The molecule has 0 spiro atoms. The van der Waals surface area contributed by atoms with Crippen LogP contribution in [0.1, 0.15) is 39.5 Å². The third kappa shape index (κ3) is 5.67. The molecule has 1 unspecified atom stereocenters. The Labute approximate surface area is 64.3 Å². The molecule has 0 radical (unpaired) electrons. The van der Waals surface area contributed by atoms with Gasteiger partial charge < -0.3 is 5.73 Å². The zero-order valence-electron chi connectivity index (χ0n) is 7.14. The van der Waals surface area contributed by atoms with Crippen LogP contribution in [0.3, 0.4) is 0 Å². The van der Waals surface area contributed by atoms with Crippen LogP contribution in [0.5, 0.6) is 0 Å². The van der Waals surface area contributed by atoms with Crippen molar-refractivity contribution in [1.82, 2.24) is 0 Å². The summed E-state index contributed by atoms with van der Waals surface area (Å²) in [5.74, 6) is 0.663. The van der Waals surface area contributed by atoms with Crippen LogP contribution < -0.4 is 5.73 Å². The van der Waals surface area contributed by atoms with Crippen LogP contribution >= 0.6 is 0 Å². The Bertz CT molecular complexity index is 86.7. The fourth-order valence-corrected chi connectivity index (χ4v) is 1.00. The summed E-state index contributed by atoms with van der Waals surface area (Å²) in [6.45, 7) is 4.43. The Morgan fingerprint density at radius 2 is 2.10 bits per heavy atom. The van der Waals surface area contributed by atoms with Gasteiger partial charge in [0.25, 0.3) is 0 Å². The van der Waals surface area contributed by atoms with Crippen LogP contribution in [0.15, 0.2) is 12.3 Å². The number of hydrogen-bond donors (Lipinski definition) is 1. The van der Waals surface area contributed by atoms with Gasteiger partial charge in [-0.2, -0.15) is 0 Å². The van der Waals surface area contributed by atoms with E-state index in [1.54, 1.807) is 6.20 Å². The summed E-state index contributed by atoms with van der Waals surface area (Å²) in [7, 11) is 0. The van der Waals surface area contributed by atoms with Gasteiger partial charge in [0, 0.05) is 0 Å². The van der Waals surface area contributed by atoms with Crippen LogP contribution in [-0.2, 0) is 0 Å². The third-order valence-electron chi connectivity index (χ3n) is 1.70. The standard InChI is InChI=1S/C9H19N/c1-3-4-5-6-9(2)7-8-10/h7-9H,3-6,10H2,1-2H3/b8-7+. The highest BCUT2D eigenvalue weighted by Gasteiger charge is 1.94. The zero-order valence-corrected chi connectivity index (χ0v) is 7.14. The lowest BCUT2D eigenvalue weighted by Gasteiger charge is -2.03. The van der Waals surface area contributed by atoms with E-state index in [-0.39, 0.29) is 0 Å². The topological polar surface area (TPSA) is 26.0 Å². The highest BCUT2D eigenvalue weighted by atomic mass is 14.5. The van der Waals surface area contributed by atoms with Gasteiger partial charge in [0.15, 0.2) is 0 Å². The van der Waals surface area contributed by atoms with Gasteiger partial charge in [0.2, 0.25) is 0 Å². The number of rotatable bonds is 5. The Kier molecular flexibility index (Phi) is 6.35. The molecule has 0 saturated carbocycles. The molecule has 0 fully saturated rings. The van der Waals surface area contributed by atoms with E-state index in [0.717, 1.165) is 0 Å². The lowest BCUT2D eigenvalue weighted by Crippen LogP contribution is -1.91. The van der Waals surface area contributed by atoms with Gasteiger partial charge in [-0.25, -0.2) is 0 Å². The van der Waals surface area contributed by atoms with E-state index < -0.39 is 0 Å². The average molecular weight is 141 g/mol. The Balaban J connectivity index is 3.13. The molecule has 0 saturated heterocycles. The van der Waals surface area contributed by atoms with Crippen molar-refractivity contribution < 1.29 is 0 Å². The third-order valence-corrected chi connectivity index (χ3v) is 1.70. The summed E-state index contributed by atoms with van der Waals surface area (Å²) in [4.78, 5) is 0. The molecule has 0 amide bonds. The van der Waals surface area contributed by atoms with Gasteiger partial charge in [0.05, 0.1) is 0 Å². The highest BCUT2D eigenvalue weighted by Crippen LogP contribution is 2.09. The maximum atomic E-state index is 5.25. The first-order valence-corrected chi connectivity index (χ1v) is 4.19. The van der Waals surface area contributed by atoms with Crippen LogP contribution in [0.25, 0.3) is 0 Å². The predicted octanol–water partition coefficient (Wildman–Crippen LogP) is 2.68. The molecule has 0 aliphatic heterocycles. The van der Waals surface area contributed by atoms with Gasteiger partial charge in [-0.05, 0) is 18.5 Å². The quantitative estimate of drug-likeness (QED) is 0.585. The number of unbranched alkanes of at least 4 members (excludes halogenated alkanes) is 2. The highest BCUT2D eigenvalue weighted by molar-refractivity contribution is 4.81. The van der Waals surface area contributed by atoms with Crippen LogP contribution in [0.2, 0.25) is 0 Å². The molecule has 0 aromatic carbocycles. The molecule has 1 atom stereocenters. The molecule has 0 bridgehead atoms. The van der Waals surface area contributed by atoms with Gasteiger partial charge in [-0.3, -0.25) is 0 Å². The summed E-state index contributed by atoms with van der Waals surface area (Å²) >= 11 is 0. The molecule has 0 rings (SSSR count). The van der Waals surface area contributed by atoms with Crippen molar-refractivity contribution in [2.45, 2.75) is 39.5 Å². The van der Waals surface area contributed by atoms with Crippen molar-refractivity contribution >= 4 is 0 Å². The minimum atomic E-state index is 0.663. The van der Waals surface area contributed by atoms with Crippen molar-refractivity contribution in [3.05, 3.63) is 12.3 Å². The lowest BCUT2D eigenvalue weighted by molar-refractivity contribution is 0.575. The number of hydrogen-bond acceptors (Lipinski definition) is 1. The molecular weight excluding hydrogens is 122 g/mol. The minimum absolute atomic E-state index is 0.663. The maximum Gasteiger partial charge on any atom is -0.0100 e. The van der Waals surface area contributed by atoms with Gasteiger partial charge in [-0.15, -0.1) is 0 Å². The Morgan fingerprint density at radius 1 is 1.40 bits per heavy atom. The van der Waals surface area contributed by atoms with Gasteiger partial charge in [-0.1, -0.05) is 39.2 Å². The van der Waals surface area contributed by atoms with E-state index in [4.69, 9.17) is 5.73 Å². The monoisotopic (exact) mass is 141 g/mol. The summed E-state index contributed by atoms with van der Waals surface area (Å²) in [6, 6.07) is 0. The predicted molar refractivity (Wildman–Crippen MR) is 46.6 cm³/mol. The summed E-state index contributed by atoms with van der Waals surface area (Å²) in [5.41, 5.74) is 5.25. The summed E-state index contributed by atoms with van der Waals surface area (Å²) in [6.07, 6.45) is 8.98. The molecule has 10 heavy (non-hydrogen) atoms. The van der Waals surface area contributed by atoms with Crippen molar-refractivity contribution in [3.63, 3.8) is 0 Å². The molecule has 1 nitrogen and oxygen atoms in total. The first kappa shape index (κ1) is 9.54. The molecule has 0 heterocycles. The number of allylic oxidation sites excluding steroid dienone is 1. The van der Waals surface area contributed by atoms with E-state index in [9.17, 15) is 0 Å². The Hall–Kier alpha value is -0.460. The summed E-state index contributed by atoms with van der Waals surface area (Å²) in [5, 5.41) is 0. The van der Waals surface area contributed by atoms with Crippen molar-refractivity contribution in [1.29, 1.82) is 0 Å². The lowest BCUT2D eigenvalue weighted by atomic mass is 10.0. The SMILES string of the molecule is CCCCCC(C)/C=C/N. The van der Waals surface area contributed by atoms with Crippen molar-refractivity contribution in [2.24, 2.45) is 11.7 Å². The largest absolute Gasteiger partial charge is 0.405 e. The van der Waals surface area contributed by atoms with E-state index in [1.165, 1.54) is 25.7 Å².